The summed E-state index contributed by atoms with van der Waals surface area (Å²) >= 11 is 3.06. The second-order valence-corrected chi connectivity index (χ2v) is 7.98. The number of methoxy groups -OCH3 is 2. The topological polar surface area (TPSA) is 65.4 Å². The first-order valence-corrected chi connectivity index (χ1v) is 10.3. The van der Waals surface area contributed by atoms with Crippen molar-refractivity contribution in [2.75, 3.05) is 14.2 Å². The first-order chi connectivity index (χ1) is 14.2. The Morgan fingerprint density at radius 1 is 1.33 bits per heavy atom. The van der Waals surface area contributed by atoms with E-state index in [9.17, 15) is 18.0 Å². The van der Waals surface area contributed by atoms with E-state index in [1.807, 2.05) is 0 Å². The van der Waals surface area contributed by atoms with Gasteiger partial charge in [-0.25, -0.2) is 0 Å². The maximum Gasteiger partial charge on any atom is 0.436 e. The van der Waals surface area contributed by atoms with Crippen molar-refractivity contribution in [2.24, 2.45) is 0 Å². The molecule has 10 heteroatoms. The van der Waals surface area contributed by atoms with Gasteiger partial charge >= 0.3 is 6.18 Å². The lowest BCUT2D eigenvalue weighted by Crippen LogP contribution is -2.28. The number of nitrogens with zero attached hydrogens (tertiary/aromatic N) is 2. The number of ether oxygens (including phenoxy) is 2. The van der Waals surface area contributed by atoms with E-state index in [1.54, 1.807) is 32.2 Å². The van der Waals surface area contributed by atoms with E-state index in [4.69, 9.17) is 9.47 Å². The van der Waals surface area contributed by atoms with Gasteiger partial charge in [0.05, 0.1) is 37.0 Å². The number of halogens is 4. The second-order valence-electron chi connectivity index (χ2n) is 7.19. The van der Waals surface area contributed by atoms with Crippen LogP contribution < -0.4 is 14.8 Å². The molecule has 1 unspecified atom stereocenters. The second kappa shape index (κ2) is 8.87. The fourth-order valence-electron chi connectivity index (χ4n) is 3.33. The summed E-state index contributed by atoms with van der Waals surface area (Å²) in [4.78, 5) is 12.5. The van der Waals surface area contributed by atoms with Gasteiger partial charge in [-0.3, -0.25) is 9.48 Å². The summed E-state index contributed by atoms with van der Waals surface area (Å²) < 4.78 is 51.5. The molecular weight excluding hydrogens is 467 g/mol. The molecule has 1 aromatic carbocycles. The Morgan fingerprint density at radius 2 is 2.03 bits per heavy atom. The molecule has 0 spiro atoms. The summed E-state index contributed by atoms with van der Waals surface area (Å²) in [6, 6.07) is 4.90. The Hall–Kier alpha value is -2.23. The number of benzene rings is 1. The van der Waals surface area contributed by atoms with Crippen molar-refractivity contribution >= 4 is 21.8 Å². The highest BCUT2D eigenvalue weighted by atomic mass is 79.9. The molecular formula is C20H23BrF3N3O3. The molecule has 1 N–H and O–H groups in total. The summed E-state index contributed by atoms with van der Waals surface area (Å²) in [6.45, 7) is 1.87. The van der Waals surface area contributed by atoms with Gasteiger partial charge in [0.25, 0.3) is 0 Å². The van der Waals surface area contributed by atoms with E-state index in [0.717, 1.165) is 18.4 Å². The third-order valence-corrected chi connectivity index (χ3v) is 5.78. The molecule has 3 rings (SSSR count). The van der Waals surface area contributed by atoms with Gasteiger partial charge in [0.15, 0.2) is 5.69 Å². The Kier molecular flexibility index (Phi) is 6.64. The number of nitrogens with one attached hydrogen (secondary N) is 1. The third-order valence-electron chi connectivity index (χ3n) is 5.00. The Labute approximate surface area is 180 Å². The number of carbonyl (C=O) groups excluding carboxylic acids is 1. The predicted octanol–water partition coefficient (Wildman–Crippen LogP) is 4.83. The molecule has 1 fully saturated rings. The van der Waals surface area contributed by atoms with Crippen LogP contribution in [0.15, 0.2) is 22.7 Å². The van der Waals surface area contributed by atoms with E-state index >= 15 is 0 Å². The van der Waals surface area contributed by atoms with Crippen LogP contribution in [0.2, 0.25) is 0 Å². The minimum Gasteiger partial charge on any atom is -0.497 e. The van der Waals surface area contributed by atoms with Crippen LogP contribution in [-0.2, 0) is 17.5 Å². The summed E-state index contributed by atoms with van der Waals surface area (Å²) in [7, 11) is 3.08. The normalized spacial score (nSPS) is 15.0. The zero-order valence-electron chi connectivity index (χ0n) is 16.8. The molecule has 164 valence electrons. The summed E-state index contributed by atoms with van der Waals surface area (Å²) in [5.74, 6) is 0.979. The standard InChI is InChI=1S/C20H23BrF3N3O3/c1-11(14-10-13(29-2)6-7-15(14)30-3)25-16(28)8-9-27-18(12-4-5-12)17(21)19(26-27)20(22,23)24/h6-7,10-12H,4-5,8-9H2,1-3H3,(H,25,28). The number of aryl methyl sites for hydroxylation is 1. The van der Waals surface area contributed by atoms with Crippen LogP contribution in [0.1, 0.15) is 55.1 Å². The van der Waals surface area contributed by atoms with E-state index in [1.165, 1.54) is 11.8 Å². The van der Waals surface area contributed by atoms with Crippen molar-refractivity contribution in [1.82, 2.24) is 15.1 Å². The zero-order chi connectivity index (χ0) is 22.1. The first-order valence-electron chi connectivity index (χ1n) is 9.50. The van der Waals surface area contributed by atoms with E-state index < -0.39 is 11.9 Å². The first kappa shape index (κ1) is 22.5. The molecule has 1 aliphatic rings. The number of hydrogen-bond donors (Lipinski definition) is 1. The largest absolute Gasteiger partial charge is 0.497 e. The van der Waals surface area contributed by atoms with Crippen molar-refractivity contribution in [1.29, 1.82) is 0 Å². The van der Waals surface area contributed by atoms with Crippen molar-refractivity contribution in [3.63, 3.8) is 0 Å². The highest BCUT2D eigenvalue weighted by Crippen LogP contribution is 2.47. The van der Waals surface area contributed by atoms with Gasteiger partial charge < -0.3 is 14.8 Å². The Morgan fingerprint density at radius 3 is 2.60 bits per heavy atom. The number of hydrogen-bond acceptors (Lipinski definition) is 4. The molecule has 1 aliphatic carbocycles. The molecule has 1 aromatic heterocycles. The fraction of sp³-hybridized carbons (Fsp3) is 0.500. The average Bonchev–Trinajstić information content (AvgIpc) is 3.47. The number of rotatable bonds is 8. The summed E-state index contributed by atoms with van der Waals surface area (Å²) in [5.41, 5.74) is 0.307. The third kappa shape index (κ3) is 4.91. The zero-order valence-corrected chi connectivity index (χ0v) is 18.4. The molecule has 0 bridgehead atoms. The van der Waals surface area contributed by atoms with Crippen molar-refractivity contribution < 1.29 is 27.4 Å². The molecule has 1 amide bonds. The monoisotopic (exact) mass is 489 g/mol. The van der Waals surface area contributed by atoms with Crippen molar-refractivity contribution in [3.8, 4) is 11.5 Å². The SMILES string of the molecule is COc1ccc(OC)c(C(C)NC(=O)CCn2nc(C(F)(F)F)c(Br)c2C2CC2)c1. The van der Waals surface area contributed by atoms with Crippen molar-refractivity contribution in [3.05, 3.63) is 39.6 Å². The van der Waals surface area contributed by atoms with E-state index in [-0.39, 0.29) is 35.3 Å². The van der Waals surface area contributed by atoms with Gasteiger partial charge in [-0.2, -0.15) is 18.3 Å². The molecule has 2 aromatic rings. The van der Waals surface area contributed by atoms with Crippen LogP contribution in [0.25, 0.3) is 0 Å². The molecule has 1 atom stereocenters. The van der Waals surface area contributed by atoms with Crippen LogP contribution in [0.3, 0.4) is 0 Å². The molecule has 0 radical (unpaired) electrons. The molecule has 6 nitrogen and oxygen atoms in total. The van der Waals surface area contributed by atoms with Crippen LogP contribution in [0.4, 0.5) is 13.2 Å². The van der Waals surface area contributed by atoms with E-state index in [2.05, 4.69) is 26.3 Å². The predicted molar refractivity (Wildman–Crippen MR) is 108 cm³/mol. The number of alkyl halides is 3. The fourth-order valence-corrected chi connectivity index (χ4v) is 4.16. The lowest BCUT2D eigenvalue weighted by molar-refractivity contribution is -0.142. The van der Waals surface area contributed by atoms with Crippen LogP contribution in [-0.4, -0.2) is 29.9 Å². The summed E-state index contributed by atoms with van der Waals surface area (Å²) in [6.07, 6.45) is -2.91. The van der Waals surface area contributed by atoms with E-state index in [0.29, 0.717) is 17.2 Å². The molecule has 0 saturated heterocycles. The minimum atomic E-state index is -4.55. The number of amides is 1. The molecule has 1 saturated carbocycles. The van der Waals surface area contributed by atoms with Gasteiger partial charge in [-0.05, 0) is 53.9 Å². The average molecular weight is 490 g/mol. The maximum atomic E-state index is 13.2. The van der Waals surface area contributed by atoms with Crippen LogP contribution in [0.5, 0.6) is 11.5 Å². The Bertz CT molecular complexity index is 926. The molecule has 30 heavy (non-hydrogen) atoms. The van der Waals surface area contributed by atoms with Gasteiger partial charge in [-0.1, -0.05) is 0 Å². The highest BCUT2D eigenvalue weighted by molar-refractivity contribution is 9.10. The maximum absolute atomic E-state index is 13.2. The number of carbonyl (C=O) groups is 1. The van der Waals surface area contributed by atoms with Gasteiger partial charge in [0.1, 0.15) is 11.5 Å². The minimum absolute atomic E-state index is 0.00175. The van der Waals surface area contributed by atoms with Crippen LogP contribution >= 0.6 is 15.9 Å². The lowest BCUT2D eigenvalue weighted by Gasteiger charge is -2.18. The quantitative estimate of drug-likeness (QED) is 0.576. The molecule has 0 aliphatic heterocycles. The van der Waals surface area contributed by atoms with Crippen molar-refractivity contribution in [2.45, 2.75) is 50.9 Å². The Balaban J connectivity index is 1.70. The lowest BCUT2D eigenvalue weighted by atomic mass is 10.1. The highest BCUT2D eigenvalue weighted by Gasteiger charge is 2.41. The van der Waals surface area contributed by atoms with Crippen LogP contribution in [0, 0.1) is 0 Å². The number of aromatic nitrogens is 2. The van der Waals surface area contributed by atoms with Gasteiger partial charge in [0, 0.05) is 17.9 Å². The van der Waals surface area contributed by atoms with Gasteiger partial charge in [-0.15, -0.1) is 0 Å². The smallest absolute Gasteiger partial charge is 0.436 e. The van der Waals surface area contributed by atoms with Gasteiger partial charge in [0.2, 0.25) is 5.91 Å². The molecule has 1 heterocycles. The summed E-state index contributed by atoms with van der Waals surface area (Å²) in [5, 5.41) is 6.59.